The van der Waals surface area contributed by atoms with Crippen LogP contribution in [-0.4, -0.2) is 62.1 Å². The molecule has 0 atom stereocenters. The van der Waals surface area contributed by atoms with Crippen molar-refractivity contribution in [2.45, 2.75) is 9.79 Å². The molecule has 8 heteroatoms. The number of carbonyl (C=O) groups is 1. The Balaban J connectivity index is 1.77. The predicted molar refractivity (Wildman–Crippen MR) is 126 cm³/mol. The number of rotatable bonds is 9. The van der Waals surface area contributed by atoms with Crippen molar-refractivity contribution in [2.24, 2.45) is 0 Å². The Morgan fingerprint density at radius 3 is 2.48 bits per heavy atom. The Bertz CT molecular complexity index is 957. The van der Waals surface area contributed by atoms with Gasteiger partial charge in [0.2, 0.25) is 5.91 Å². The van der Waals surface area contributed by atoms with E-state index in [1.807, 2.05) is 49.3 Å². The van der Waals surface area contributed by atoms with Crippen LogP contribution in [0.1, 0.15) is 0 Å². The average Bonchev–Trinajstić information content (AvgIpc) is 3.15. The largest absolute Gasteiger partial charge is 0.497 e. The summed E-state index contributed by atoms with van der Waals surface area (Å²) < 4.78 is 6.30. The van der Waals surface area contributed by atoms with Crippen LogP contribution in [0.15, 0.2) is 52.3 Å². The van der Waals surface area contributed by atoms with E-state index in [1.54, 1.807) is 30.2 Å². The molecule has 0 fully saturated rings. The number of thioether (sulfide) groups is 2. The third-order valence-electron chi connectivity index (χ3n) is 4.31. The van der Waals surface area contributed by atoms with Gasteiger partial charge in [-0.3, -0.25) is 9.69 Å². The van der Waals surface area contributed by atoms with Gasteiger partial charge in [-0.2, -0.15) is 0 Å². The molecule has 0 radical (unpaired) electrons. The number of thiazole rings is 1. The molecule has 0 spiro atoms. The maximum Gasteiger partial charge on any atom is 0.239 e. The number of likely N-dealkylation sites (N-methyl/N-ethyl adjacent to an activating group) is 1. The zero-order valence-electron chi connectivity index (χ0n) is 17.0. The first-order valence-corrected chi connectivity index (χ1v) is 12.2. The molecule has 3 aromatic rings. The second-order valence-corrected chi connectivity index (χ2v) is 9.58. The number of benzene rings is 2. The van der Waals surface area contributed by atoms with E-state index >= 15 is 0 Å². The molecule has 0 N–H and O–H groups in total. The smallest absolute Gasteiger partial charge is 0.239 e. The summed E-state index contributed by atoms with van der Waals surface area (Å²) in [5, 5.41) is 0.764. The maximum absolute atomic E-state index is 13.1. The molecule has 5 nitrogen and oxygen atoms in total. The van der Waals surface area contributed by atoms with Crippen LogP contribution in [-0.2, 0) is 4.79 Å². The normalized spacial score (nSPS) is 11.2. The van der Waals surface area contributed by atoms with Gasteiger partial charge in [-0.25, -0.2) is 4.98 Å². The Morgan fingerprint density at radius 1 is 1.10 bits per heavy atom. The Labute approximate surface area is 184 Å². The van der Waals surface area contributed by atoms with Gasteiger partial charge in [0.15, 0.2) is 5.13 Å². The summed E-state index contributed by atoms with van der Waals surface area (Å²) in [5.41, 5.74) is 0.938. The zero-order valence-corrected chi connectivity index (χ0v) is 19.5. The van der Waals surface area contributed by atoms with Crippen molar-refractivity contribution >= 4 is 56.1 Å². The minimum Gasteiger partial charge on any atom is -0.497 e. The number of anilines is 1. The molecule has 1 amide bonds. The molecule has 2 aromatic carbocycles. The molecule has 0 aliphatic rings. The topological polar surface area (TPSA) is 45.7 Å². The van der Waals surface area contributed by atoms with Crippen LogP contribution >= 0.6 is 34.9 Å². The lowest BCUT2D eigenvalue weighted by molar-refractivity contribution is -0.116. The van der Waals surface area contributed by atoms with Crippen LogP contribution < -0.4 is 9.64 Å². The molecule has 0 bridgehead atoms. The van der Waals surface area contributed by atoms with E-state index in [0.29, 0.717) is 12.3 Å². The lowest BCUT2D eigenvalue weighted by Gasteiger charge is -2.21. The summed E-state index contributed by atoms with van der Waals surface area (Å²) >= 11 is 4.82. The maximum atomic E-state index is 13.1. The molecule has 29 heavy (non-hydrogen) atoms. The van der Waals surface area contributed by atoms with Gasteiger partial charge in [0.25, 0.3) is 0 Å². The van der Waals surface area contributed by atoms with Gasteiger partial charge in [-0.1, -0.05) is 11.3 Å². The number of ether oxygens (including phenoxy) is 1. The first-order valence-electron chi connectivity index (χ1n) is 9.16. The predicted octanol–water partition coefficient (Wildman–Crippen LogP) is 4.71. The van der Waals surface area contributed by atoms with Gasteiger partial charge < -0.3 is 9.64 Å². The van der Waals surface area contributed by atoms with E-state index in [1.165, 1.54) is 16.7 Å². The molecule has 0 aliphatic carbocycles. The fourth-order valence-electron chi connectivity index (χ4n) is 2.66. The van der Waals surface area contributed by atoms with Crippen molar-refractivity contribution in [3.63, 3.8) is 0 Å². The number of nitrogens with zero attached hydrogens (tertiary/aromatic N) is 3. The number of hydrogen-bond donors (Lipinski definition) is 0. The zero-order chi connectivity index (χ0) is 20.8. The lowest BCUT2D eigenvalue weighted by atomic mass is 10.3. The minimum absolute atomic E-state index is 0.0665. The Hall–Kier alpha value is -1.74. The van der Waals surface area contributed by atoms with E-state index in [9.17, 15) is 4.79 Å². The van der Waals surface area contributed by atoms with Crippen molar-refractivity contribution < 1.29 is 9.53 Å². The van der Waals surface area contributed by atoms with Gasteiger partial charge in [-0.05, 0) is 62.8 Å². The van der Waals surface area contributed by atoms with Crippen LogP contribution in [0.2, 0.25) is 0 Å². The fourth-order valence-corrected chi connectivity index (χ4v) is 4.99. The third-order valence-corrected chi connectivity index (χ3v) is 7.07. The van der Waals surface area contributed by atoms with Crippen molar-refractivity contribution in [3.05, 3.63) is 42.5 Å². The highest BCUT2D eigenvalue weighted by Gasteiger charge is 2.20. The van der Waals surface area contributed by atoms with Crippen LogP contribution in [0.25, 0.3) is 10.2 Å². The summed E-state index contributed by atoms with van der Waals surface area (Å²) in [6.07, 6.45) is 2.06. The number of carbonyl (C=O) groups excluding carboxylic acids is 1. The standard InChI is InChI=1S/C21H25N3O2S3/c1-23(2)11-12-24(20(25)14-28-16-7-5-15(26-3)6-8-16)21-22-18-10-9-17(27-4)13-19(18)29-21/h5-10,13H,11-12,14H2,1-4H3. The molecule has 154 valence electrons. The van der Waals surface area contributed by atoms with Crippen molar-refractivity contribution in [2.75, 3.05) is 51.2 Å². The molecular weight excluding hydrogens is 422 g/mol. The molecule has 0 saturated carbocycles. The van der Waals surface area contributed by atoms with Crippen LogP contribution in [0.3, 0.4) is 0 Å². The molecule has 0 aliphatic heterocycles. The summed E-state index contributed by atoms with van der Waals surface area (Å²) in [4.78, 5) is 24.0. The van der Waals surface area contributed by atoms with Crippen LogP contribution in [0.4, 0.5) is 5.13 Å². The van der Waals surface area contributed by atoms with E-state index in [0.717, 1.165) is 32.5 Å². The summed E-state index contributed by atoms with van der Waals surface area (Å²) in [7, 11) is 5.67. The van der Waals surface area contributed by atoms with Gasteiger partial charge in [0.05, 0.1) is 23.1 Å². The Morgan fingerprint density at radius 2 is 1.83 bits per heavy atom. The fraction of sp³-hybridized carbons (Fsp3) is 0.333. The highest BCUT2D eigenvalue weighted by molar-refractivity contribution is 8.00. The number of methoxy groups -OCH3 is 1. The second-order valence-electron chi connectivity index (χ2n) is 6.64. The van der Waals surface area contributed by atoms with Crippen LogP contribution in [0.5, 0.6) is 5.75 Å². The highest BCUT2D eigenvalue weighted by atomic mass is 32.2. The number of fused-ring (bicyclic) bond motifs is 1. The van der Waals surface area contributed by atoms with Gasteiger partial charge in [-0.15, -0.1) is 23.5 Å². The number of hydrogen-bond acceptors (Lipinski definition) is 7. The molecular formula is C21H25N3O2S3. The molecule has 0 unspecified atom stereocenters. The van der Waals surface area contributed by atoms with E-state index in [-0.39, 0.29) is 5.91 Å². The lowest BCUT2D eigenvalue weighted by Crippen LogP contribution is -2.37. The SMILES string of the molecule is COc1ccc(SCC(=O)N(CCN(C)C)c2nc3ccc(SC)cc3s2)cc1. The van der Waals surface area contributed by atoms with Gasteiger partial charge in [0.1, 0.15) is 5.75 Å². The quantitative estimate of drug-likeness (QED) is 0.443. The molecule has 1 heterocycles. The summed E-state index contributed by atoms with van der Waals surface area (Å²) in [5.74, 6) is 1.25. The average molecular weight is 448 g/mol. The van der Waals surface area contributed by atoms with Crippen LogP contribution in [0, 0.1) is 0 Å². The van der Waals surface area contributed by atoms with E-state index in [2.05, 4.69) is 23.3 Å². The first-order chi connectivity index (χ1) is 14.0. The van der Waals surface area contributed by atoms with Crippen molar-refractivity contribution in [3.8, 4) is 5.75 Å². The second kappa shape index (κ2) is 10.3. The van der Waals surface area contributed by atoms with Crippen molar-refractivity contribution in [1.82, 2.24) is 9.88 Å². The van der Waals surface area contributed by atoms with E-state index in [4.69, 9.17) is 9.72 Å². The number of amides is 1. The number of aromatic nitrogens is 1. The molecule has 3 rings (SSSR count). The monoisotopic (exact) mass is 447 g/mol. The molecule has 1 aromatic heterocycles. The first kappa shape index (κ1) is 22.0. The summed E-state index contributed by atoms with van der Waals surface area (Å²) in [6.45, 7) is 1.40. The minimum atomic E-state index is 0.0665. The highest BCUT2D eigenvalue weighted by Crippen LogP contribution is 2.32. The van der Waals surface area contributed by atoms with Gasteiger partial charge in [0, 0.05) is 22.9 Å². The third kappa shape index (κ3) is 5.88. The Kier molecular flexibility index (Phi) is 7.83. The van der Waals surface area contributed by atoms with Gasteiger partial charge >= 0.3 is 0 Å². The van der Waals surface area contributed by atoms with E-state index < -0.39 is 0 Å². The molecule has 0 saturated heterocycles. The van der Waals surface area contributed by atoms with Crippen molar-refractivity contribution in [1.29, 1.82) is 0 Å². The summed E-state index contributed by atoms with van der Waals surface area (Å²) in [6, 6.07) is 14.0.